The summed E-state index contributed by atoms with van der Waals surface area (Å²) in [6.45, 7) is 1.86. The Balaban J connectivity index is 2.07. The molecule has 0 atom stereocenters. The molecule has 0 unspecified atom stereocenters. The first-order chi connectivity index (χ1) is 9.13. The Labute approximate surface area is 112 Å². The molecular formula is C12H18N2O4S. The van der Waals surface area contributed by atoms with Gasteiger partial charge in [-0.25, -0.2) is 13.1 Å². The van der Waals surface area contributed by atoms with Crippen LogP contribution in [0.15, 0.2) is 23.1 Å². The molecule has 0 amide bonds. The van der Waals surface area contributed by atoms with Crippen molar-refractivity contribution in [1.29, 1.82) is 0 Å². The topological polar surface area (TPSA) is 90.7 Å². The highest BCUT2D eigenvalue weighted by molar-refractivity contribution is 7.89. The predicted octanol–water partition coefficient (Wildman–Crippen LogP) is 0.475. The Kier molecular flexibility index (Phi) is 4.62. The predicted molar refractivity (Wildman–Crippen MR) is 70.9 cm³/mol. The number of rotatable bonds is 6. The Hall–Kier alpha value is -1.31. The van der Waals surface area contributed by atoms with Gasteiger partial charge in [0.05, 0.1) is 4.90 Å². The summed E-state index contributed by atoms with van der Waals surface area (Å²) in [5.41, 5.74) is 5.36. The van der Waals surface area contributed by atoms with Crippen molar-refractivity contribution in [3.05, 3.63) is 18.2 Å². The van der Waals surface area contributed by atoms with E-state index in [0.717, 1.165) is 12.8 Å². The summed E-state index contributed by atoms with van der Waals surface area (Å²) in [6, 6.07) is 4.61. The third-order valence-electron chi connectivity index (χ3n) is 2.75. The molecule has 3 N–H and O–H groups in total. The molecule has 2 rings (SSSR count). The number of nitrogens with one attached hydrogen (secondary N) is 1. The van der Waals surface area contributed by atoms with E-state index in [1.54, 1.807) is 6.07 Å². The molecule has 1 aromatic rings. The largest absolute Gasteiger partial charge is 0.486 e. The van der Waals surface area contributed by atoms with Gasteiger partial charge in [0.2, 0.25) is 10.0 Å². The molecule has 1 aliphatic heterocycles. The average molecular weight is 286 g/mol. The fourth-order valence-electron chi connectivity index (χ4n) is 1.75. The van der Waals surface area contributed by atoms with Crippen LogP contribution in [0.25, 0.3) is 0 Å². The van der Waals surface area contributed by atoms with Crippen molar-refractivity contribution in [2.75, 3.05) is 26.3 Å². The number of hydrogen-bond donors (Lipinski definition) is 2. The lowest BCUT2D eigenvalue weighted by atomic mass is 10.3. The molecule has 0 aliphatic carbocycles. The molecule has 0 spiro atoms. The van der Waals surface area contributed by atoms with E-state index < -0.39 is 10.0 Å². The van der Waals surface area contributed by atoms with E-state index in [1.807, 2.05) is 0 Å². The Morgan fingerprint density at radius 1 is 1.16 bits per heavy atom. The van der Waals surface area contributed by atoms with Gasteiger partial charge in [0, 0.05) is 12.6 Å². The second-order valence-electron chi connectivity index (χ2n) is 4.20. The molecule has 0 aromatic heterocycles. The number of unbranched alkanes of at least 4 members (excludes halogenated alkanes) is 1. The van der Waals surface area contributed by atoms with Gasteiger partial charge in [-0.15, -0.1) is 0 Å². The van der Waals surface area contributed by atoms with Gasteiger partial charge in [0.15, 0.2) is 11.5 Å². The van der Waals surface area contributed by atoms with E-state index >= 15 is 0 Å². The summed E-state index contributed by atoms with van der Waals surface area (Å²) in [4.78, 5) is 0.185. The highest BCUT2D eigenvalue weighted by Crippen LogP contribution is 2.32. The molecule has 0 fully saturated rings. The minimum atomic E-state index is -3.50. The zero-order valence-corrected chi connectivity index (χ0v) is 11.4. The Bertz CT molecular complexity index is 531. The highest BCUT2D eigenvalue weighted by Gasteiger charge is 2.18. The van der Waals surface area contributed by atoms with Crippen LogP contribution >= 0.6 is 0 Å². The average Bonchev–Trinajstić information content (AvgIpc) is 2.43. The molecule has 7 heteroatoms. The summed E-state index contributed by atoms with van der Waals surface area (Å²) < 4.78 is 37.3. The number of hydrogen-bond acceptors (Lipinski definition) is 5. The van der Waals surface area contributed by atoms with Gasteiger partial charge in [0.1, 0.15) is 13.2 Å². The summed E-state index contributed by atoms with van der Waals surface area (Å²) in [7, 11) is -3.50. The molecule has 1 aliphatic rings. The van der Waals surface area contributed by atoms with E-state index in [9.17, 15) is 8.42 Å². The van der Waals surface area contributed by atoms with Crippen LogP contribution in [0.2, 0.25) is 0 Å². The summed E-state index contributed by atoms with van der Waals surface area (Å²) in [5, 5.41) is 0. The molecule has 0 saturated carbocycles. The summed E-state index contributed by atoms with van der Waals surface area (Å²) >= 11 is 0. The fourth-order valence-corrected chi connectivity index (χ4v) is 2.84. The minimum Gasteiger partial charge on any atom is -0.486 e. The maximum atomic E-state index is 12.0. The quantitative estimate of drug-likeness (QED) is 0.742. The van der Waals surface area contributed by atoms with Gasteiger partial charge in [0.25, 0.3) is 0 Å². The van der Waals surface area contributed by atoms with Crippen LogP contribution in [0.3, 0.4) is 0 Å². The van der Waals surface area contributed by atoms with Crippen LogP contribution in [0.1, 0.15) is 12.8 Å². The Morgan fingerprint density at radius 3 is 2.63 bits per heavy atom. The Morgan fingerprint density at radius 2 is 1.89 bits per heavy atom. The summed E-state index contributed by atoms with van der Waals surface area (Å²) in [6.07, 6.45) is 1.52. The fraction of sp³-hybridized carbons (Fsp3) is 0.500. The number of ether oxygens (including phenoxy) is 2. The van der Waals surface area contributed by atoms with Crippen LogP contribution < -0.4 is 19.9 Å². The maximum Gasteiger partial charge on any atom is 0.240 e. The van der Waals surface area contributed by atoms with Crippen LogP contribution in [0.5, 0.6) is 11.5 Å². The van der Waals surface area contributed by atoms with Crippen LogP contribution in [0, 0.1) is 0 Å². The van der Waals surface area contributed by atoms with E-state index in [1.165, 1.54) is 12.1 Å². The monoisotopic (exact) mass is 286 g/mol. The standard InChI is InChI=1S/C12H18N2O4S/c13-5-1-2-6-14-19(15,16)10-3-4-11-12(9-10)18-8-7-17-11/h3-4,9,14H,1-2,5-8,13H2. The van der Waals surface area contributed by atoms with Crippen molar-refractivity contribution < 1.29 is 17.9 Å². The molecule has 19 heavy (non-hydrogen) atoms. The number of benzene rings is 1. The summed E-state index contributed by atoms with van der Waals surface area (Å²) in [5.74, 6) is 1.05. The number of fused-ring (bicyclic) bond motifs is 1. The van der Waals surface area contributed by atoms with Gasteiger partial charge in [-0.1, -0.05) is 0 Å². The zero-order chi connectivity index (χ0) is 13.7. The molecule has 106 valence electrons. The smallest absolute Gasteiger partial charge is 0.240 e. The number of sulfonamides is 1. The van der Waals surface area contributed by atoms with E-state index in [4.69, 9.17) is 15.2 Å². The van der Waals surface area contributed by atoms with Gasteiger partial charge >= 0.3 is 0 Å². The van der Waals surface area contributed by atoms with Crippen molar-refractivity contribution in [2.45, 2.75) is 17.7 Å². The van der Waals surface area contributed by atoms with Crippen molar-refractivity contribution in [3.63, 3.8) is 0 Å². The lowest BCUT2D eigenvalue weighted by Crippen LogP contribution is -2.25. The first-order valence-electron chi connectivity index (χ1n) is 6.23. The van der Waals surface area contributed by atoms with Crippen molar-refractivity contribution in [3.8, 4) is 11.5 Å². The van der Waals surface area contributed by atoms with Crippen LogP contribution in [-0.4, -0.2) is 34.7 Å². The van der Waals surface area contributed by atoms with Gasteiger partial charge in [-0.05, 0) is 31.5 Å². The third kappa shape index (κ3) is 3.59. The lowest BCUT2D eigenvalue weighted by Gasteiger charge is -2.18. The normalized spacial score (nSPS) is 14.4. The third-order valence-corrected chi connectivity index (χ3v) is 4.21. The van der Waals surface area contributed by atoms with Crippen molar-refractivity contribution in [2.24, 2.45) is 5.73 Å². The molecule has 0 bridgehead atoms. The van der Waals surface area contributed by atoms with Gasteiger partial charge in [-0.2, -0.15) is 0 Å². The van der Waals surface area contributed by atoms with Crippen molar-refractivity contribution >= 4 is 10.0 Å². The number of nitrogens with two attached hydrogens (primary N) is 1. The van der Waals surface area contributed by atoms with E-state index in [2.05, 4.69) is 4.72 Å². The van der Waals surface area contributed by atoms with E-state index in [0.29, 0.717) is 37.8 Å². The van der Waals surface area contributed by atoms with Crippen molar-refractivity contribution in [1.82, 2.24) is 4.72 Å². The SMILES string of the molecule is NCCCCNS(=O)(=O)c1ccc2c(c1)OCCO2. The molecule has 6 nitrogen and oxygen atoms in total. The second kappa shape index (κ2) is 6.23. The van der Waals surface area contributed by atoms with E-state index in [-0.39, 0.29) is 4.90 Å². The highest BCUT2D eigenvalue weighted by atomic mass is 32.2. The molecule has 1 heterocycles. The first-order valence-corrected chi connectivity index (χ1v) is 7.71. The molecule has 1 aromatic carbocycles. The maximum absolute atomic E-state index is 12.0. The lowest BCUT2D eigenvalue weighted by molar-refractivity contribution is 0.171. The second-order valence-corrected chi connectivity index (χ2v) is 5.97. The molecule has 0 radical (unpaired) electrons. The minimum absolute atomic E-state index is 0.185. The van der Waals surface area contributed by atoms with Gasteiger partial charge < -0.3 is 15.2 Å². The first kappa shape index (κ1) is 14.1. The zero-order valence-electron chi connectivity index (χ0n) is 10.6. The molecule has 0 saturated heterocycles. The molecular weight excluding hydrogens is 268 g/mol. The van der Waals surface area contributed by atoms with Crippen LogP contribution in [-0.2, 0) is 10.0 Å². The van der Waals surface area contributed by atoms with Gasteiger partial charge in [-0.3, -0.25) is 0 Å². The van der Waals surface area contributed by atoms with Crippen LogP contribution in [0.4, 0.5) is 0 Å².